The van der Waals surface area contributed by atoms with Crippen LogP contribution in [0.5, 0.6) is 0 Å². The molecule has 0 aliphatic heterocycles. The van der Waals surface area contributed by atoms with Crippen LogP contribution in [0.1, 0.15) is 38.5 Å². The van der Waals surface area contributed by atoms with Crippen molar-refractivity contribution in [3.63, 3.8) is 0 Å². The molecule has 5 heteroatoms. The van der Waals surface area contributed by atoms with Gasteiger partial charge < -0.3 is 10.4 Å². The first-order chi connectivity index (χ1) is 10.1. The van der Waals surface area contributed by atoms with Gasteiger partial charge in [-0.2, -0.15) is 0 Å². The van der Waals surface area contributed by atoms with Crippen LogP contribution in [-0.4, -0.2) is 28.5 Å². The van der Waals surface area contributed by atoms with E-state index in [0.29, 0.717) is 10.9 Å². The van der Waals surface area contributed by atoms with Gasteiger partial charge >= 0.3 is 0 Å². The normalized spacial score (nSPS) is 29.6. The van der Waals surface area contributed by atoms with Crippen LogP contribution < -0.4 is 5.32 Å². The maximum absolute atomic E-state index is 13.8. The minimum atomic E-state index is -0.541. The topological polar surface area (TPSA) is 32.3 Å². The van der Waals surface area contributed by atoms with Crippen molar-refractivity contribution in [3.05, 3.63) is 29.8 Å². The summed E-state index contributed by atoms with van der Waals surface area (Å²) in [6.07, 6.45) is 6.22. The van der Waals surface area contributed by atoms with E-state index in [4.69, 9.17) is 0 Å². The Morgan fingerprint density at radius 1 is 1.29 bits per heavy atom. The van der Waals surface area contributed by atoms with Crippen LogP contribution in [0.25, 0.3) is 0 Å². The Kier molecular flexibility index (Phi) is 4.52. The molecule has 3 rings (SSSR count). The first-order valence-corrected chi connectivity index (χ1v) is 8.48. The fourth-order valence-electron chi connectivity index (χ4n) is 3.14. The van der Waals surface area contributed by atoms with E-state index in [-0.39, 0.29) is 17.4 Å². The number of thioether (sulfide) groups is 1. The highest BCUT2D eigenvalue weighted by Crippen LogP contribution is 2.40. The number of halogens is 2. The maximum Gasteiger partial charge on any atom is 0.139 e. The highest BCUT2D eigenvalue weighted by Gasteiger charge is 2.40. The zero-order valence-corrected chi connectivity index (χ0v) is 12.8. The predicted molar refractivity (Wildman–Crippen MR) is 80.4 cm³/mol. The lowest BCUT2D eigenvalue weighted by Crippen LogP contribution is -2.53. The van der Waals surface area contributed by atoms with Crippen molar-refractivity contribution in [1.29, 1.82) is 0 Å². The van der Waals surface area contributed by atoms with Gasteiger partial charge in [-0.3, -0.25) is 0 Å². The summed E-state index contributed by atoms with van der Waals surface area (Å²) in [7, 11) is 0. The molecule has 0 heterocycles. The largest absolute Gasteiger partial charge is 0.394 e. The molecule has 0 saturated heterocycles. The predicted octanol–water partition coefficient (Wildman–Crippen LogP) is 3.48. The zero-order valence-electron chi connectivity index (χ0n) is 11.9. The van der Waals surface area contributed by atoms with Gasteiger partial charge in [0.1, 0.15) is 11.6 Å². The molecule has 2 aliphatic carbocycles. The number of hydrogen-bond acceptors (Lipinski definition) is 3. The lowest BCUT2D eigenvalue weighted by atomic mass is 9.82. The van der Waals surface area contributed by atoms with Gasteiger partial charge in [-0.05, 0) is 44.2 Å². The summed E-state index contributed by atoms with van der Waals surface area (Å²) in [5.74, 6) is -1.03. The van der Waals surface area contributed by atoms with E-state index >= 15 is 0 Å². The number of hydrogen-bond donors (Lipinski definition) is 2. The molecule has 2 unspecified atom stereocenters. The SMILES string of the molecule is OCC1(NC2CC2)CCCC(Sc2ccc(F)cc2F)C1. The Labute approximate surface area is 128 Å². The maximum atomic E-state index is 13.8. The van der Waals surface area contributed by atoms with Crippen LogP contribution >= 0.6 is 11.8 Å². The number of nitrogens with one attached hydrogen (secondary N) is 1. The number of benzene rings is 1. The summed E-state index contributed by atoms with van der Waals surface area (Å²) in [4.78, 5) is 0.501. The molecule has 2 nitrogen and oxygen atoms in total. The molecule has 2 N–H and O–H groups in total. The molecule has 21 heavy (non-hydrogen) atoms. The van der Waals surface area contributed by atoms with Crippen LogP contribution in [0.15, 0.2) is 23.1 Å². The second kappa shape index (κ2) is 6.23. The molecule has 2 aliphatic rings. The van der Waals surface area contributed by atoms with Gasteiger partial charge in [0.25, 0.3) is 0 Å². The zero-order chi connectivity index (χ0) is 14.9. The molecule has 116 valence electrons. The monoisotopic (exact) mass is 313 g/mol. The van der Waals surface area contributed by atoms with E-state index in [1.54, 1.807) is 0 Å². The van der Waals surface area contributed by atoms with E-state index in [2.05, 4.69) is 5.32 Å². The quantitative estimate of drug-likeness (QED) is 0.873. The molecule has 0 radical (unpaired) electrons. The van der Waals surface area contributed by atoms with Crippen molar-refractivity contribution < 1.29 is 13.9 Å². The molecule has 2 atom stereocenters. The average Bonchev–Trinajstić information content (AvgIpc) is 3.26. The second-order valence-corrected chi connectivity index (χ2v) is 7.61. The lowest BCUT2D eigenvalue weighted by molar-refractivity contribution is 0.122. The van der Waals surface area contributed by atoms with Gasteiger partial charge in [0.15, 0.2) is 0 Å². The summed E-state index contributed by atoms with van der Waals surface area (Å²) >= 11 is 1.47. The van der Waals surface area contributed by atoms with Gasteiger partial charge in [0.05, 0.1) is 6.61 Å². The Morgan fingerprint density at radius 2 is 2.10 bits per heavy atom. The summed E-state index contributed by atoms with van der Waals surface area (Å²) in [6.45, 7) is 0.131. The van der Waals surface area contributed by atoms with E-state index in [0.717, 1.165) is 31.7 Å². The van der Waals surface area contributed by atoms with Crippen LogP contribution in [0.2, 0.25) is 0 Å². The van der Waals surface area contributed by atoms with Crippen molar-refractivity contribution in [2.24, 2.45) is 0 Å². The van der Waals surface area contributed by atoms with Gasteiger partial charge in [-0.25, -0.2) is 8.78 Å². The Bertz CT molecular complexity index is 509. The van der Waals surface area contributed by atoms with Crippen molar-refractivity contribution in [2.75, 3.05) is 6.61 Å². The van der Waals surface area contributed by atoms with Crippen LogP contribution in [0.3, 0.4) is 0 Å². The first-order valence-electron chi connectivity index (χ1n) is 7.60. The molecule has 2 saturated carbocycles. The van der Waals surface area contributed by atoms with Gasteiger partial charge in [-0.1, -0.05) is 6.42 Å². The van der Waals surface area contributed by atoms with E-state index in [1.165, 1.54) is 36.7 Å². The summed E-state index contributed by atoms with van der Waals surface area (Å²) in [5, 5.41) is 13.6. The summed E-state index contributed by atoms with van der Waals surface area (Å²) in [6, 6.07) is 4.30. The van der Waals surface area contributed by atoms with Crippen LogP contribution in [0.4, 0.5) is 8.78 Å². The minimum absolute atomic E-state index is 0.131. The fourth-order valence-corrected chi connectivity index (χ4v) is 4.50. The second-order valence-electron chi connectivity index (χ2n) is 6.27. The Balaban J connectivity index is 1.67. The lowest BCUT2D eigenvalue weighted by Gasteiger charge is -2.40. The van der Waals surface area contributed by atoms with Gasteiger partial charge in [0.2, 0.25) is 0 Å². The number of rotatable bonds is 5. The Hall–Kier alpha value is -0.650. The van der Waals surface area contributed by atoms with Gasteiger partial charge in [-0.15, -0.1) is 11.8 Å². The number of aliphatic hydroxyl groups excluding tert-OH is 1. The van der Waals surface area contributed by atoms with Gasteiger partial charge in [0, 0.05) is 27.8 Å². The van der Waals surface area contributed by atoms with Crippen molar-refractivity contribution in [3.8, 4) is 0 Å². The van der Waals surface area contributed by atoms with Crippen LogP contribution in [-0.2, 0) is 0 Å². The molecule has 0 amide bonds. The highest BCUT2D eigenvalue weighted by atomic mass is 32.2. The van der Waals surface area contributed by atoms with Crippen molar-refractivity contribution in [2.45, 2.75) is 60.3 Å². The standard InChI is InChI=1S/C16H21F2NOS/c17-11-3-6-15(14(18)8-11)21-13-2-1-7-16(9-13,10-20)19-12-4-5-12/h3,6,8,12-13,19-20H,1-2,4-5,7,9-10H2. The molecule has 2 fully saturated rings. The molecule has 1 aromatic rings. The third kappa shape index (κ3) is 3.76. The average molecular weight is 313 g/mol. The smallest absolute Gasteiger partial charge is 0.139 e. The molecule has 0 bridgehead atoms. The fraction of sp³-hybridized carbons (Fsp3) is 0.625. The molecule has 1 aromatic carbocycles. The van der Waals surface area contributed by atoms with E-state index in [1.807, 2.05) is 0 Å². The van der Waals surface area contributed by atoms with E-state index < -0.39 is 11.6 Å². The summed E-state index contributed by atoms with van der Waals surface area (Å²) < 4.78 is 26.7. The molecular weight excluding hydrogens is 292 g/mol. The highest BCUT2D eigenvalue weighted by molar-refractivity contribution is 8.00. The molecule has 0 spiro atoms. The minimum Gasteiger partial charge on any atom is -0.394 e. The number of aliphatic hydroxyl groups is 1. The van der Waals surface area contributed by atoms with E-state index in [9.17, 15) is 13.9 Å². The molecule has 0 aromatic heterocycles. The third-order valence-corrected chi connectivity index (χ3v) is 5.70. The third-order valence-electron chi connectivity index (χ3n) is 4.38. The van der Waals surface area contributed by atoms with Crippen molar-refractivity contribution >= 4 is 11.8 Å². The molecular formula is C16H21F2NOS. The summed E-state index contributed by atoms with van der Waals surface area (Å²) in [5.41, 5.74) is -0.215. The Morgan fingerprint density at radius 3 is 2.76 bits per heavy atom. The van der Waals surface area contributed by atoms with Crippen LogP contribution in [0, 0.1) is 11.6 Å². The van der Waals surface area contributed by atoms with Crippen molar-refractivity contribution in [1.82, 2.24) is 5.32 Å². The first kappa shape index (κ1) is 15.3.